The van der Waals surface area contributed by atoms with Crippen LogP contribution >= 0.6 is 0 Å². The van der Waals surface area contributed by atoms with E-state index in [0.29, 0.717) is 88.2 Å². The number of allylic oxidation sites excluding steroid dienone is 7. The summed E-state index contributed by atoms with van der Waals surface area (Å²) >= 11 is 0. The second-order valence-corrected chi connectivity index (χ2v) is 54.1. The second kappa shape index (κ2) is 33.5. The minimum atomic E-state index is -0.0824. The zero-order valence-corrected chi connectivity index (χ0v) is 83.4. The Labute approximate surface area is 769 Å². The van der Waals surface area contributed by atoms with Gasteiger partial charge in [-0.2, -0.15) is 0 Å². The Balaban J connectivity index is 0.0000000987. The Morgan fingerprint density at radius 1 is 0.262 bits per heavy atom. The van der Waals surface area contributed by atoms with Gasteiger partial charge in [0.15, 0.2) is 11.6 Å². The molecule has 38 atom stereocenters. The Kier molecular flexibility index (Phi) is 24.5. The maximum absolute atomic E-state index is 11.9. The summed E-state index contributed by atoms with van der Waals surface area (Å²) in [5.41, 5.74) is 16.5. The maximum atomic E-state index is 11.9. The lowest BCUT2D eigenvalue weighted by molar-refractivity contribution is -0.139. The van der Waals surface area contributed by atoms with Gasteiger partial charge in [-0.25, -0.2) is 0 Å². The Hall–Kier alpha value is -2.93. The quantitative estimate of drug-likeness (QED) is 0.208. The fourth-order valence-electron chi connectivity index (χ4n) is 41.2. The minimum Gasteiger partial charge on any atom is -0.393 e. The van der Waals surface area contributed by atoms with Gasteiger partial charge in [0.25, 0.3) is 0 Å². The van der Waals surface area contributed by atoms with Gasteiger partial charge in [0.05, 0.1) is 18.3 Å². The first-order valence-corrected chi connectivity index (χ1v) is 55.2. The summed E-state index contributed by atoms with van der Waals surface area (Å²) in [6, 6.07) is 0. The average Bonchev–Trinajstić information content (AvgIpc) is 1.45. The molecule has 20 fully saturated rings. The molecule has 0 radical (unpaired) electrons. The van der Waals surface area contributed by atoms with Crippen LogP contribution in [0.3, 0.4) is 0 Å². The summed E-state index contributed by atoms with van der Waals surface area (Å²) in [7, 11) is 0. The number of ketones is 3. The molecule has 24 aliphatic rings. The third kappa shape index (κ3) is 14.7. The molecular weight excluding hydrogens is 1540 g/mol. The van der Waals surface area contributed by atoms with Gasteiger partial charge in [0.2, 0.25) is 0 Å². The molecule has 0 aromatic rings. The molecule has 3 N–H and O–H groups in total. The molecule has 24 rings (SSSR count). The molecule has 700 valence electrons. The van der Waals surface area contributed by atoms with Crippen molar-refractivity contribution in [1.29, 1.82) is 0 Å². The minimum absolute atomic E-state index is 0.0141. The highest BCUT2D eigenvalue weighted by molar-refractivity contribution is 5.92. The molecule has 0 bridgehead atoms. The van der Waals surface area contributed by atoms with Crippen LogP contribution in [0.5, 0.6) is 0 Å². The lowest BCUT2D eigenvalue weighted by Gasteiger charge is -2.60. The van der Waals surface area contributed by atoms with Crippen molar-refractivity contribution >= 4 is 17.3 Å². The molecule has 0 aromatic heterocycles. The molecule has 0 spiro atoms. The Morgan fingerprint density at radius 2 is 0.579 bits per heavy atom. The van der Waals surface area contributed by atoms with E-state index in [0.717, 1.165) is 207 Å². The SMILES string of the molecule is C=C1CC[C@H]2[C@@H]3CC=C4C[C@@H](O)CC[C@]4(C)[C@H]3CC[C@]12C.C=C1CC[C@H]2[C@@H]3CCC4=CC(=O)CC[C@]4(C)[C@H]3CC[C@]12C.C=C1CC[C@H]2[C@@H]3CCC4C[C@H](O)CC[C@]4(C)[C@H]3CC[C@]12C.C[C@H]1CC[C@H]2[C@@H]3CC=C4C[C@@H](O)CC[C@]4(C)[C@H]3CC[C@]12C.C[C@H]1CC[C@H]2[C@@H]3CCC4=CC(=O)CC[C@]4(C)[C@H]3CC[C@]12C.C[C@H]1CC[C@H]2[C@@H]3CCC4CC(=O)CC[C@]4(C)[C@H]3CC[C@]12C. The van der Waals surface area contributed by atoms with Crippen LogP contribution in [0.25, 0.3) is 0 Å². The van der Waals surface area contributed by atoms with Crippen LogP contribution in [0, 0.1) is 201 Å². The monoisotopic (exact) mass is 1720 g/mol. The van der Waals surface area contributed by atoms with E-state index in [9.17, 15) is 29.7 Å². The molecule has 24 aliphatic carbocycles. The van der Waals surface area contributed by atoms with Crippen molar-refractivity contribution in [2.75, 3.05) is 0 Å². The van der Waals surface area contributed by atoms with Crippen molar-refractivity contribution in [3.8, 4) is 0 Å². The smallest absolute Gasteiger partial charge is 0.155 e. The first kappa shape index (κ1) is 92.2. The van der Waals surface area contributed by atoms with Gasteiger partial charge in [-0.15, -0.1) is 0 Å². The van der Waals surface area contributed by atoms with E-state index >= 15 is 0 Å². The topological polar surface area (TPSA) is 112 Å². The predicted molar refractivity (Wildman–Crippen MR) is 518 cm³/mol. The first-order valence-electron chi connectivity index (χ1n) is 55.2. The normalized spacial score (nSPS) is 54.0. The predicted octanol–water partition coefficient (Wildman–Crippen LogP) is 30.2. The number of carbonyl (C=O) groups excluding carboxylic acids is 3. The number of hydrogen-bond donors (Lipinski definition) is 3. The van der Waals surface area contributed by atoms with Gasteiger partial charge >= 0.3 is 0 Å². The number of Topliss-reactive ketones (excluding diaryl/α,β-unsaturated/α-hetero) is 1. The molecule has 0 amide bonds. The van der Waals surface area contributed by atoms with E-state index in [4.69, 9.17) is 0 Å². The number of rotatable bonds is 0. The molecule has 0 saturated heterocycles. The van der Waals surface area contributed by atoms with Gasteiger partial charge in [0, 0.05) is 25.7 Å². The van der Waals surface area contributed by atoms with Crippen molar-refractivity contribution in [2.45, 2.75) is 443 Å². The fourth-order valence-corrected chi connectivity index (χ4v) is 41.2. The van der Waals surface area contributed by atoms with Crippen LogP contribution in [0.1, 0.15) is 425 Å². The summed E-state index contributed by atoms with van der Waals surface area (Å²) < 4.78 is 0. The highest BCUT2D eigenvalue weighted by Crippen LogP contribution is 2.75. The molecular formula is C120H184O6. The van der Waals surface area contributed by atoms with Crippen molar-refractivity contribution in [1.82, 2.24) is 0 Å². The van der Waals surface area contributed by atoms with Gasteiger partial charge in [-0.1, -0.05) is 175 Å². The van der Waals surface area contributed by atoms with E-state index < -0.39 is 0 Å². The average molecular weight is 1720 g/mol. The molecule has 2 unspecified atom stereocenters. The van der Waals surface area contributed by atoms with Crippen molar-refractivity contribution < 1.29 is 29.7 Å². The number of hydrogen-bond acceptors (Lipinski definition) is 6. The molecule has 6 heteroatoms. The molecule has 126 heavy (non-hydrogen) atoms. The summed E-state index contributed by atoms with van der Waals surface area (Å²) in [6.45, 7) is 51.1. The summed E-state index contributed by atoms with van der Waals surface area (Å²) in [5, 5.41) is 30.1. The van der Waals surface area contributed by atoms with E-state index in [1.165, 1.54) is 266 Å². The van der Waals surface area contributed by atoms with Gasteiger partial charge in [0.1, 0.15) is 5.78 Å². The van der Waals surface area contributed by atoms with Crippen LogP contribution < -0.4 is 0 Å². The van der Waals surface area contributed by atoms with Gasteiger partial charge in [-0.3, -0.25) is 14.4 Å². The largest absolute Gasteiger partial charge is 0.393 e. The molecule has 0 aliphatic heterocycles. The van der Waals surface area contributed by atoms with Crippen LogP contribution in [-0.2, 0) is 14.4 Å². The number of carbonyl (C=O) groups is 3. The molecule has 0 aromatic carbocycles. The zero-order valence-electron chi connectivity index (χ0n) is 83.4. The van der Waals surface area contributed by atoms with Crippen LogP contribution in [0.15, 0.2) is 83.1 Å². The lowest BCUT2D eigenvalue weighted by atomic mass is 9.45. The summed E-state index contributed by atoms with van der Waals surface area (Å²) in [4.78, 5) is 35.5. The van der Waals surface area contributed by atoms with Crippen LogP contribution in [0.4, 0.5) is 0 Å². The third-order valence-corrected chi connectivity index (χ3v) is 50.5. The second-order valence-electron chi connectivity index (χ2n) is 54.1. The van der Waals surface area contributed by atoms with Gasteiger partial charge < -0.3 is 15.3 Å². The van der Waals surface area contributed by atoms with Crippen molar-refractivity contribution in [3.05, 3.63) is 83.1 Å². The van der Waals surface area contributed by atoms with Crippen molar-refractivity contribution in [3.63, 3.8) is 0 Å². The number of fused-ring (bicyclic) bond motifs is 30. The fraction of sp³-hybridized carbons (Fsp3) is 0.858. The lowest BCUT2D eigenvalue weighted by Crippen LogP contribution is -2.53. The Morgan fingerprint density at radius 3 is 1.04 bits per heavy atom. The highest BCUT2D eigenvalue weighted by atomic mass is 16.3. The van der Waals surface area contributed by atoms with Crippen LogP contribution in [0.2, 0.25) is 0 Å². The van der Waals surface area contributed by atoms with Crippen LogP contribution in [-0.4, -0.2) is 51.0 Å². The van der Waals surface area contributed by atoms with Gasteiger partial charge in [-0.05, 0) is 509 Å². The first-order chi connectivity index (χ1) is 59.7. The molecule has 0 heterocycles. The highest BCUT2D eigenvalue weighted by Gasteiger charge is 2.66. The summed E-state index contributed by atoms with van der Waals surface area (Å²) in [6.07, 6.45) is 72.1. The van der Waals surface area contributed by atoms with E-state index in [2.05, 4.69) is 136 Å². The standard InChI is InChI=1S/3C20H32O.2C20H30O.C20H28O/c6*1-13-4-7-17-16-6-5-14-12-15(21)8-10-20(14,3)18(16)9-11-19(13,17)2/h13-14,16-18H,4-12H2,1-3H3;5,13,15-18,21H,4,6-12H2,1-3H3;14-18,21H,1,4-12H2,2-3H3;12-13,16-18H,4-11H2,1-3H3;5,15-18,21H,1,4,6-12H2,2-3H3;12,16-18H,1,4-11H2,2-3H3/t13-,14?,16-,17-,18-,19+,20-;13-,15-,16-,17-,18-,19+,20-;14?,15-,16+,17+,18+,19-,20+;13-,16-,17-,18-,19+,20-;15-,16-,17-,18-,19+,20-;16-,17-,18-,19+,20-/m001000/s1. The molecule has 20 saturated carbocycles. The third-order valence-electron chi connectivity index (χ3n) is 50.5. The maximum Gasteiger partial charge on any atom is 0.155 e. The summed E-state index contributed by atoms with van der Waals surface area (Å²) in [5.74, 6) is 21.9. The Bertz CT molecular complexity index is 4310. The zero-order chi connectivity index (χ0) is 89.0. The van der Waals surface area contributed by atoms with Crippen molar-refractivity contribution in [2.24, 2.45) is 201 Å². The van der Waals surface area contributed by atoms with E-state index in [1.807, 2.05) is 12.2 Å². The number of aliphatic hydroxyl groups excluding tert-OH is 3. The van der Waals surface area contributed by atoms with E-state index in [1.54, 1.807) is 16.7 Å². The van der Waals surface area contributed by atoms with E-state index in [-0.39, 0.29) is 18.3 Å². The number of aliphatic hydroxyl groups is 3. The molecule has 6 nitrogen and oxygen atoms in total.